The zero-order valence-electron chi connectivity index (χ0n) is 16.6. The van der Waals surface area contributed by atoms with Crippen molar-refractivity contribution in [3.63, 3.8) is 0 Å². The molecule has 9 heteroatoms. The lowest BCUT2D eigenvalue weighted by Crippen LogP contribution is -2.37. The minimum absolute atomic E-state index is 0.198. The number of anilines is 3. The van der Waals surface area contributed by atoms with Crippen molar-refractivity contribution >= 4 is 38.9 Å². The van der Waals surface area contributed by atoms with E-state index in [9.17, 15) is 18.0 Å². The molecule has 2 rings (SSSR count). The van der Waals surface area contributed by atoms with Gasteiger partial charge in [-0.2, -0.15) is 0 Å². The summed E-state index contributed by atoms with van der Waals surface area (Å²) in [4.78, 5) is 23.4. The van der Waals surface area contributed by atoms with Gasteiger partial charge in [-0.15, -0.1) is 0 Å². The Morgan fingerprint density at radius 2 is 1.52 bits per heavy atom. The van der Waals surface area contributed by atoms with Gasteiger partial charge in [0.15, 0.2) is 0 Å². The number of hydrogen-bond donors (Lipinski definition) is 2. The third-order valence-electron chi connectivity index (χ3n) is 3.77. The normalized spacial score (nSPS) is 10.9. The first-order valence-corrected chi connectivity index (χ1v) is 10.9. The van der Waals surface area contributed by atoms with E-state index in [0.29, 0.717) is 29.4 Å². The number of sulfonamides is 1. The Balaban J connectivity index is 2.08. The number of carbonyl (C=O) groups is 2. The average Bonchev–Trinajstić information content (AvgIpc) is 2.65. The third-order valence-corrected chi connectivity index (χ3v) is 4.91. The Morgan fingerprint density at radius 3 is 2.00 bits per heavy atom. The van der Waals surface area contributed by atoms with Gasteiger partial charge >= 0.3 is 0 Å². The van der Waals surface area contributed by atoms with Crippen LogP contribution in [0.3, 0.4) is 0 Å². The van der Waals surface area contributed by atoms with E-state index in [-0.39, 0.29) is 12.5 Å². The van der Waals surface area contributed by atoms with Crippen molar-refractivity contribution < 1.29 is 22.7 Å². The molecule has 0 aliphatic rings. The quantitative estimate of drug-likeness (QED) is 0.650. The highest BCUT2D eigenvalue weighted by Crippen LogP contribution is 2.22. The van der Waals surface area contributed by atoms with E-state index in [1.807, 2.05) is 6.92 Å². The first-order valence-electron chi connectivity index (χ1n) is 9.07. The summed E-state index contributed by atoms with van der Waals surface area (Å²) in [6.45, 7) is 3.59. The van der Waals surface area contributed by atoms with Gasteiger partial charge in [0, 0.05) is 18.3 Å². The van der Waals surface area contributed by atoms with Gasteiger partial charge < -0.3 is 15.4 Å². The molecule has 0 saturated heterocycles. The van der Waals surface area contributed by atoms with Crippen LogP contribution in [-0.4, -0.2) is 39.6 Å². The second-order valence-electron chi connectivity index (χ2n) is 6.42. The molecule has 0 aliphatic heterocycles. The fourth-order valence-corrected chi connectivity index (χ4v) is 3.36. The molecule has 0 saturated carbocycles. The lowest BCUT2D eigenvalue weighted by molar-refractivity contribution is -0.115. The number of ether oxygens (including phenoxy) is 1. The summed E-state index contributed by atoms with van der Waals surface area (Å²) < 4.78 is 30.9. The molecular formula is C20H25N3O5S. The van der Waals surface area contributed by atoms with Gasteiger partial charge in [0.2, 0.25) is 21.8 Å². The summed E-state index contributed by atoms with van der Waals surface area (Å²) in [5.74, 6) is -0.0570. The SMILES string of the molecule is CCCOc1ccc(N(CC(=O)Nc2ccc(NC(C)=O)cc2)S(C)(=O)=O)cc1. The molecule has 2 aromatic carbocycles. The number of nitrogens with zero attached hydrogens (tertiary/aromatic N) is 1. The van der Waals surface area contributed by atoms with Crippen molar-refractivity contribution in [2.75, 3.05) is 34.3 Å². The smallest absolute Gasteiger partial charge is 0.245 e. The van der Waals surface area contributed by atoms with Crippen LogP contribution in [-0.2, 0) is 19.6 Å². The maximum atomic E-state index is 12.4. The zero-order valence-corrected chi connectivity index (χ0v) is 17.5. The van der Waals surface area contributed by atoms with E-state index in [1.165, 1.54) is 6.92 Å². The highest BCUT2D eigenvalue weighted by molar-refractivity contribution is 7.92. The van der Waals surface area contributed by atoms with E-state index in [4.69, 9.17) is 4.74 Å². The molecule has 29 heavy (non-hydrogen) atoms. The first kappa shape index (κ1) is 22.2. The van der Waals surface area contributed by atoms with Gasteiger partial charge in [0.1, 0.15) is 12.3 Å². The third kappa shape index (κ3) is 7.11. The molecule has 8 nitrogen and oxygen atoms in total. The number of benzene rings is 2. The van der Waals surface area contributed by atoms with Gasteiger partial charge in [-0.05, 0) is 55.0 Å². The van der Waals surface area contributed by atoms with E-state index in [2.05, 4.69) is 10.6 Å². The molecule has 0 bridgehead atoms. The largest absolute Gasteiger partial charge is 0.494 e. The van der Waals surface area contributed by atoms with Crippen LogP contribution in [0.4, 0.5) is 17.1 Å². The number of rotatable bonds is 9. The van der Waals surface area contributed by atoms with Gasteiger partial charge in [-0.25, -0.2) is 8.42 Å². The fourth-order valence-electron chi connectivity index (χ4n) is 2.50. The average molecular weight is 420 g/mol. The Morgan fingerprint density at radius 1 is 0.966 bits per heavy atom. The second kappa shape index (κ2) is 9.92. The highest BCUT2D eigenvalue weighted by Gasteiger charge is 2.21. The van der Waals surface area contributed by atoms with Crippen LogP contribution >= 0.6 is 0 Å². The van der Waals surface area contributed by atoms with Crippen molar-refractivity contribution in [1.29, 1.82) is 0 Å². The van der Waals surface area contributed by atoms with Gasteiger partial charge in [-0.3, -0.25) is 13.9 Å². The van der Waals surface area contributed by atoms with Crippen molar-refractivity contribution in [3.05, 3.63) is 48.5 Å². The van der Waals surface area contributed by atoms with Crippen LogP contribution in [0.1, 0.15) is 20.3 Å². The highest BCUT2D eigenvalue weighted by atomic mass is 32.2. The van der Waals surface area contributed by atoms with Gasteiger partial charge in [0.25, 0.3) is 0 Å². The summed E-state index contributed by atoms with van der Waals surface area (Å²) in [6, 6.07) is 13.1. The van der Waals surface area contributed by atoms with E-state index < -0.39 is 15.9 Å². The van der Waals surface area contributed by atoms with Crippen LogP contribution < -0.4 is 19.7 Å². The van der Waals surface area contributed by atoms with Crippen LogP contribution in [0.25, 0.3) is 0 Å². The number of carbonyl (C=O) groups excluding carboxylic acids is 2. The number of nitrogens with one attached hydrogen (secondary N) is 2. The molecule has 0 unspecified atom stereocenters. The van der Waals surface area contributed by atoms with Crippen LogP contribution in [0.5, 0.6) is 5.75 Å². The molecule has 0 radical (unpaired) electrons. The lowest BCUT2D eigenvalue weighted by atomic mass is 10.2. The molecule has 0 fully saturated rings. The summed E-state index contributed by atoms with van der Waals surface area (Å²) >= 11 is 0. The van der Waals surface area contributed by atoms with Gasteiger partial charge in [0.05, 0.1) is 18.6 Å². The van der Waals surface area contributed by atoms with Gasteiger partial charge in [-0.1, -0.05) is 6.92 Å². The topological polar surface area (TPSA) is 105 Å². The Bertz CT molecular complexity index is 941. The van der Waals surface area contributed by atoms with Crippen molar-refractivity contribution in [2.45, 2.75) is 20.3 Å². The van der Waals surface area contributed by atoms with Crippen LogP contribution in [0.2, 0.25) is 0 Å². The molecule has 0 aromatic heterocycles. The molecule has 0 heterocycles. The molecule has 2 N–H and O–H groups in total. The van der Waals surface area contributed by atoms with E-state index in [0.717, 1.165) is 17.0 Å². The molecule has 2 amide bonds. The predicted octanol–water partition coefficient (Wildman–Crippen LogP) is 2.84. The molecule has 0 atom stereocenters. The Hall–Kier alpha value is -3.07. The van der Waals surface area contributed by atoms with Crippen molar-refractivity contribution in [3.8, 4) is 5.75 Å². The number of hydrogen-bond acceptors (Lipinski definition) is 5. The van der Waals surface area contributed by atoms with Crippen LogP contribution in [0, 0.1) is 0 Å². The van der Waals surface area contributed by atoms with Crippen LogP contribution in [0.15, 0.2) is 48.5 Å². The van der Waals surface area contributed by atoms with E-state index in [1.54, 1.807) is 48.5 Å². The molecule has 156 valence electrons. The summed E-state index contributed by atoms with van der Waals surface area (Å²) in [7, 11) is -3.67. The Labute approximate surface area is 170 Å². The van der Waals surface area contributed by atoms with E-state index >= 15 is 0 Å². The fraction of sp³-hybridized carbons (Fsp3) is 0.300. The maximum absolute atomic E-state index is 12.4. The zero-order chi connectivity index (χ0) is 21.4. The Kier molecular flexibility index (Phi) is 7.60. The molecular weight excluding hydrogens is 394 g/mol. The monoisotopic (exact) mass is 419 g/mol. The standard InChI is InChI=1S/C20H25N3O5S/c1-4-13-28-19-11-9-18(10-12-19)23(29(3,26)27)14-20(25)22-17-7-5-16(6-8-17)21-15(2)24/h5-12H,4,13-14H2,1-3H3,(H,21,24)(H,22,25). The summed E-state index contributed by atoms with van der Waals surface area (Å²) in [5.41, 5.74) is 1.45. The second-order valence-corrected chi connectivity index (χ2v) is 8.33. The maximum Gasteiger partial charge on any atom is 0.245 e. The number of amides is 2. The molecule has 0 aliphatic carbocycles. The van der Waals surface area contributed by atoms with Crippen molar-refractivity contribution in [1.82, 2.24) is 0 Å². The molecule has 0 spiro atoms. The predicted molar refractivity (Wildman–Crippen MR) is 114 cm³/mol. The lowest BCUT2D eigenvalue weighted by Gasteiger charge is -2.22. The minimum atomic E-state index is -3.67. The van der Waals surface area contributed by atoms with Crippen molar-refractivity contribution in [2.24, 2.45) is 0 Å². The summed E-state index contributed by atoms with van der Waals surface area (Å²) in [6.07, 6.45) is 1.91. The summed E-state index contributed by atoms with van der Waals surface area (Å²) in [5, 5.41) is 5.28. The minimum Gasteiger partial charge on any atom is -0.494 e. The molecule has 2 aromatic rings. The first-order chi connectivity index (χ1) is 13.7.